The van der Waals surface area contributed by atoms with Crippen LogP contribution in [0, 0.1) is 5.82 Å². The second-order valence-corrected chi connectivity index (χ2v) is 2.79. The van der Waals surface area contributed by atoms with Gasteiger partial charge in [0.1, 0.15) is 5.82 Å². The monoisotopic (exact) mass is 168 g/mol. The van der Waals surface area contributed by atoms with Crippen molar-refractivity contribution >= 4 is 5.69 Å². The van der Waals surface area contributed by atoms with E-state index >= 15 is 0 Å². The molecule has 2 nitrogen and oxygen atoms in total. The van der Waals surface area contributed by atoms with Gasteiger partial charge < -0.3 is 11.1 Å². The van der Waals surface area contributed by atoms with Crippen LogP contribution >= 0.6 is 0 Å². The first kappa shape index (κ1) is 9.00. The molecule has 1 aromatic carbocycles. The first-order chi connectivity index (χ1) is 5.72. The molecule has 0 fully saturated rings. The van der Waals surface area contributed by atoms with Gasteiger partial charge in [0.2, 0.25) is 0 Å². The lowest BCUT2D eigenvalue weighted by molar-refractivity contribution is 0.628. The highest BCUT2D eigenvalue weighted by Crippen LogP contribution is 2.09. The van der Waals surface area contributed by atoms with Crippen molar-refractivity contribution < 1.29 is 4.39 Å². The SMILES string of the molecule is CC(CN)Nc1cccc(F)c1. The van der Waals surface area contributed by atoms with Gasteiger partial charge in [0.05, 0.1) is 0 Å². The molecule has 0 saturated carbocycles. The maximum atomic E-state index is 12.7. The molecule has 1 unspecified atom stereocenters. The largest absolute Gasteiger partial charge is 0.381 e. The van der Waals surface area contributed by atoms with Gasteiger partial charge in [0, 0.05) is 18.3 Å². The number of anilines is 1. The third-order valence-electron chi connectivity index (χ3n) is 1.59. The van der Waals surface area contributed by atoms with E-state index in [4.69, 9.17) is 5.73 Å². The van der Waals surface area contributed by atoms with Crippen molar-refractivity contribution in [1.82, 2.24) is 0 Å². The highest BCUT2D eigenvalue weighted by Gasteiger charge is 1.98. The molecule has 0 heterocycles. The van der Waals surface area contributed by atoms with Gasteiger partial charge in [0.15, 0.2) is 0 Å². The summed E-state index contributed by atoms with van der Waals surface area (Å²) < 4.78 is 12.7. The Kier molecular flexibility index (Phi) is 3.05. The number of rotatable bonds is 3. The average Bonchev–Trinajstić information content (AvgIpc) is 2.04. The number of hydrogen-bond acceptors (Lipinski definition) is 2. The molecule has 0 spiro atoms. The molecule has 0 saturated heterocycles. The minimum Gasteiger partial charge on any atom is -0.381 e. The number of benzene rings is 1. The van der Waals surface area contributed by atoms with Gasteiger partial charge in [-0.2, -0.15) is 0 Å². The smallest absolute Gasteiger partial charge is 0.125 e. The third kappa shape index (κ3) is 2.51. The Bertz CT molecular complexity index is 250. The normalized spacial score (nSPS) is 12.6. The van der Waals surface area contributed by atoms with Crippen molar-refractivity contribution in [2.45, 2.75) is 13.0 Å². The molecular weight excluding hydrogens is 155 g/mol. The molecule has 1 aromatic rings. The number of nitrogens with one attached hydrogen (secondary N) is 1. The molecule has 3 heteroatoms. The summed E-state index contributed by atoms with van der Waals surface area (Å²) in [6.07, 6.45) is 0. The minimum absolute atomic E-state index is 0.173. The van der Waals surface area contributed by atoms with Crippen molar-refractivity contribution in [2.24, 2.45) is 5.73 Å². The quantitative estimate of drug-likeness (QED) is 0.719. The Hall–Kier alpha value is -1.09. The van der Waals surface area contributed by atoms with Crippen LogP contribution in [-0.2, 0) is 0 Å². The summed E-state index contributed by atoms with van der Waals surface area (Å²) in [4.78, 5) is 0. The lowest BCUT2D eigenvalue weighted by Crippen LogP contribution is -2.25. The van der Waals surface area contributed by atoms with Crippen molar-refractivity contribution in [3.8, 4) is 0 Å². The number of halogens is 1. The predicted octanol–water partition coefficient (Wildman–Crippen LogP) is 1.58. The molecule has 0 radical (unpaired) electrons. The Morgan fingerprint density at radius 1 is 1.58 bits per heavy atom. The van der Waals surface area contributed by atoms with E-state index in [-0.39, 0.29) is 11.9 Å². The zero-order valence-electron chi connectivity index (χ0n) is 7.05. The van der Waals surface area contributed by atoms with E-state index in [0.717, 1.165) is 5.69 Å². The van der Waals surface area contributed by atoms with E-state index in [1.807, 2.05) is 13.0 Å². The van der Waals surface area contributed by atoms with Gasteiger partial charge in [-0.15, -0.1) is 0 Å². The predicted molar refractivity (Wildman–Crippen MR) is 48.5 cm³/mol. The van der Waals surface area contributed by atoms with E-state index in [1.165, 1.54) is 12.1 Å². The van der Waals surface area contributed by atoms with Crippen LogP contribution in [0.5, 0.6) is 0 Å². The molecule has 0 aliphatic rings. The van der Waals surface area contributed by atoms with Crippen LogP contribution in [0.25, 0.3) is 0 Å². The molecule has 3 N–H and O–H groups in total. The van der Waals surface area contributed by atoms with Gasteiger partial charge >= 0.3 is 0 Å². The maximum absolute atomic E-state index is 12.7. The summed E-state index contributed by atoms with van der Waals surface area (Å²) in [6.45, 7) is 2.49. The molecule has 0 amide bonds. The summed E-state index contributed by atoms with van der Waals surface area (Å²) in [5, 5.41) is 3.07. The van der Waals surface area contributed by atoms with Crippen molar-refractivity contribution in [1.29, 1.82) is 0 Å². The summed E-state index contributed by atoms with van der Waals surface area (Å²) in [5.41, 5.74) is 6.17. The average molecular weight is 168 g/mol. The van der Waals surface area contributed by atoms with Gasteiger partial charge in [-0.1, -0.05) is 6.07 Å². The lowest BCUT2D eigenvalue weighted by Gasteiger charge is -2.12. The first-order valence-corrected chi connectivity index (χ1v) is 3.94. The van der Waals surface area contributed by atoms with Gasteiger partial charge in [-0.25, -0.2) is 4.39 Å². The van der Waals surface area contributed by atoms with Gasteiger partial charge in [-0.05, 0) is 25.1 Å². The third-order valence-corrected chi connectivity index (χ3v) is 1.59. The Labute approximate surface area is 71.6 Å². The van der Waals surface area contributed by atoms with Crippen LogP contribution in [0.2, 0.25) is 0 Å². The fraction of sp³-hybridized carbons (Fsp3) is 0.333. The van der Waals surface area contributed by atoms with Crippen LogP contribution < -0.4 is 11.1 Å². The summed E-state index contributed by atoms with van der Waals surface area (Å²) in [6, 6.07) is 6.52. The molecular formula is C9H13FN2. The molecule has 12 heavy (non-hydrogen) atoms. The zero-order chi connectivity index (χ0) is 8.97. The fourth-order valence-electron chi connectivity index (χ4n) is 0.922. The zero-order valence-corrected chi connectivity index (χ0v) is 7.05. The Morgan fingerprint density at radius 2 is 2.33 bits per heavy atom. The first-order valence-electron chi connectivity index (χ1n) is 3.94. The number of hydrogen-bond donors (Lipinski definition) is 2. The molecule has 0 aliphatic carbocycles. The van der Waals surface area contributed by atoms with Crippen molar-refractivity contribution in [3.63, 3.8) is 0 Å². The fourth-order valence-corrected chi connectivity index (χ4v) is 0.922. The van der Waals surface area contributed by atoms with Crippen molar-refractivity contribution in [3.05, 3.63) is 30.1 Å². The summed E-state index contributed by atoms with van der Waals surface area (Å²) in [5.74, 6) is -0.232. The standard InChI is InChI=1S/C9H13FN2/c1-7(6-11)12-9-4-2-3-8(10)5-9/h2-5,7,12H,6,11H2,1H3. The van der Waals surface area contributed by atoms with Crippen LogP contribution in [0.15, 0.2) is 24.3 Å². The minimum atomic E-state index is -0.232. The van der Waals surface area contributed by atoms with Crippen LogP contribution in [-0.4, -0.2) is 12.6 Å². The summed E-state index contributed by atoms with van der Waals surface area (Å²) >= 11 is 0. The van der Waals surface area contributed by atoms with E-state index in [9.17, 15) is 4.39 Å². The Morgan fingerprint density at radius 3 is 2.92 bits per heavy atom. The van der Waals surface area contributed by atoms with Crippen LogP contribution in [0.1, 0.15) is 6.92 Å². The topological polar surface area (TPSA) is 38.0 Å². The van der Waals surface area contributed by atoms with Crippen molar-refractivity contribution in [2.75, 3.05) is 11.9 Å². The molecule has 1 atom stereocenters. The van der Waals surface area contributed by atoms with Crippen LogP contribution in [0.3, 0.4) is 0 Å². The highest BCUT2D eigenvalue weighted by atomic mass is 19.1. The second-order valence-electron chi connectivity index (χ2n) is 2.79. The van der Waals surface area contributed by atoms with Gasteiger partial charge in [0.25, 0.3) is 0 Å². The molecule has 0 aromatic heterocycles. The van der Waals surface area contributed by atoms with E-state index in [0.29, 0.717) is 6.54 Å². The second kappa shape index (κ2) is 4.07. The summed E-state index contributed by atoms with van der Waals surface area (Å²) in [7, 11) is 0. The van der Waals surface area contributed by atoms with E-state index < -0.39 is 0 Å². The van der Waals surface area contributed by atoms with E-state index in [1.54, 1.807) is 6.07 Å². The van der Waals surface area contributed by atoms with Crippen LogP contribution in [0.4, 0.5) is 10.1 Å². The molecule has 1 rings (SSSR count). The maximum Gasteiger partial charge on any atom is 0.125 e. The Balaban J connectivity index is 2.63. The molecule has 66 valence electrons. The van der Waals surface area contributed by atoms with E-state index in [2.05, 4.69) is 5.32 Å². The van der Waals surface area contributed by atoms with Gasteiger partial charge in [-0.3, -0.25) is 0 Å². The number of nitrogens with two attached hydrogens (primary N) is 1. The highest BCUT2D eigenvalue weighted by molar-refractivity contribution is 5.43. The lowest BCUT2D eigenvalue weighted by atomic mass is 10.2. The molecule has 0 aliphatic heterocycles. The molecule has 0 bridgehead atoms.